The van der Waals surface area contributed by atoms with Gasteiger partial charge in [-0.25, -0.2) is 0 Å². The van der Waals surface area contributed by atoms with Crippen molar-refractivity contribution in [2.24, 2.45) is 5.92 Å². The lowest BCUT2D eigenvalue weighted by Crippen LogP contribution is -2.32. The smallest absolute Gasteiger partial charge is 0.136 e. The van der Waals surface area contributed by atoms with Crippen LogP contribution in [0.25, 0.3) is 0 Å². The minimum absolute atomic E-state index is 0.00130. The van der Waals surface area contributed by atoms with Crippen LogP contribution < -0.4 is 5.30 Å². The number of Topliss-reactive ketones (excluding diaryl/α,β-unsaturated/α-hetero) is 1. The van der Waals surface area contributed by atoms with Crippen LogP contribution in [0.2, 0.25) is 0 Å². The summed E-state index contributed by atoms with van der Waals surface area (Å²) < 4.78 is 13.0. The molecule has 86 valence electrons. The highest BCUT2D eigenvalue weighted by Crippen LogP contribution is 2.55. The second-order valence-corrected chi connectivity index (χ2v) is 8.09. The van der Waals surface area contributed by atoms with E-state index in [-0.39, 0.29) is 17.4 Å². The normalized spacial score (nSPS) is 35.0. The molecule has 1 aromatic rings. The highest BCUT2D eigenvalue weighted by atomic mass is 31.2. The third kappa shape index (κ3) is 1.87. The van der Waals surface area contributed by atoms with Crippen LogP contribution in [-0.4, -0.2) is 17.6 Å². The molecule has 3 atom stereocenters. The van der Waals surface area contributed by atoms with Crippen LogP contribution in [0, 0.1) is 5.92 Å². The largest absolute Gasteiger partial charge is 0.318 e. The zero-order valence-corrected chi connectivity index (χ0v) is 10.6. The van der Waals surface area contributed by atoms with Crippen LogP contribution in [-0.2, 0) is 9.36 Å². The number of hydrogen-bond donors (Lipinski definition) is 0. The molecule has 1 aliphatic rings. The third-order valence-electron chi connectivity index (χ3n) is 3.50. The van der Waals surface area contributed by atoms with E-state index in [1.807, 2.05) is 44.2 Å². The molecule has 0 saturated carbocycles. The summed E-state index contributed by atoms with van der Waals surface area (Å²) in [7, 11) is -2.37. The summed E-state index contributed by atoms with van der Waals surface area (Å²) in [6.45, 7) is 3.83. The first-order valence-electron chi connectivity index (χ1n) is 5.71. The highest BCUT2D eigenvalue weighted by molar-refractivity contribution is 7.72. The molecule has 0 N–H and O–H groups in total. The lowest BCUT2D eigenvalue weighted by atomic mass is 10.0. The van der Waals surface area contributed by atoms with Gasteiger partial charge in [-0.15, -0.1) is 0 Å². The number of benzene rings is 1. The maximum Gasteiger partial charge on any atom is 0.136 e. The molecule has 1 heterocycles. The average Bonchev–Trinajstić information content (AvgIpc) is 2.28. The van der Waals surface area contributed by atoms with Crippen molar-refractivity contribution in [2.75, 3.05) is 6.16 Å². The summed E-state index contributed by atoms with van der Waals surface area (Å²) in [5, 5.41) is 0.932. The molecule has 3 heteroatoms. The Kier molecular flexibility index (Phi) is 3.03. The SMILES string of the molecule is C[C@@H]1CC(=O)[C@@H](C)C[P@]1(=O)c1ccccc1. The first kappa shape index (κ1) is 11.6. The van der Waals surface area contributed by atoms with E-state index in [0.717, 1.165) is 5.30 Å². The molecule has 0 spiro atoms. The Morgan fingerprint density at radius 2 is 1.81 bits per heavy atom. The Morgan fingerprint density at radius 3 is 2.44 bits per heavy atom. The molecule has 0 aromatic heterocycles. The maximum absolute atomic E-state index is 13.0. The molecule has 1 saturated heterocycles. The van der Waals surface area contributed by atoms with E-state index in [4.69, 9.17) is 0 Å². The number of rotatable bonds is 1. The summed E-state index contributed by atoms with van der Waals surface area (Å²) in [6.07, 6.45) is 1.00. The minimum Gasteiger partial charge on any atom is -0.318 e. The van der Waals surface area contributed by atoms with Gasteiger partial charge in [-0.1, -0.05) is 44.2 Å². The zero-order valence-electron chi connectivity index (χ0n) is 9.72. The predicted octanol–water partition coefficient (Wildman–Crippen LogP) is 2.67. The molecule has 1 aromatic carbocycles. The number of carbonyl (C=O) groups is 1. The van der Waals surface area contributed by atoms with E-state index in [1.165, 1.54) is 0 Å². The Bertz CT molecular complexity index is 439. The lowest BCUT2D eigenvalue weighted by Gasteiger charge is -2.32. The molecular formula is C13H17O2P. The van der Waals surface area contributed by atoms with Crippen LogP contribution >= 0.6 is 7.14 Å². The first-order chi connectivity index (χ1) is 7.54. The molecule has 2 rings (SSSR count). The van der Waals surface area contributed by atoms with Crippen LogP contribution in [0.15, 0.2) is 30.3 Å². The topological polar surface area (TPSA) is 34.1 Å². The van der Waals surface area contributed by atoms with Gasteiger partial charge in [0.25, 0.3) is 0 Å². The monoisotopic (exact) mass is 236 g/mol. The second-order valence-electron chi connectivity index (χ2n) is 4.73. The maximum atomic E-state index is 13.0. The molecule has 1 aliphatic heterocycles. The quantitative estimate of drug-likeness (QED) is 0.702. The summed E-state index contributed by atoms with van der Waals surface area (Å²) >= 11 is 0. The summed E-state index contributed by atoms with van der Waals surface area (Å²) in [5.41, 5.74) is -0.00130. The highest BCUT2D eigenvalue weighted by Gasteiger charge is 2.40. The van der Waals surface area contributed by atoms with Gasteiger partial charge in [0.1, 0.15) is 12.9 Å². The molecule has 0 radical (unpaired) electrons. The van der Waals surface area contributed by atoms with Crippen molar-refractivity contribution >= 4 is 18.2 Å². The van der Waals surface area contributed by atoms with E-state index < -0.39 is 7.14 Å². The van der Waals surface area contributed by atoms with Gasteiger partial charge in [0.05, 0.1) is 0 Å². The summed E-state index contributed by atoms with van der Waals surface area (Å²) in [4.78, 5) is 11.6. The summed E-state index contributed by atoms with van der Waals surface area (Å²) in [5.74, 6) is 0.206. The van der Waals surface area contributed by atoms with Crippen molar-refractivity contribution in [3.63, 3.8) is 0 Å². The van der Waals surface area contributed by atoms with Gasteiger partial charge >= 0.3 is 0 Å². The zero-order chi connectivity index (χ0) is 11.8. The van der Waals surface area contributed by atoms with Crippen molar-refractivity contribution in [1.82, 2.24) is 0 Å². The van der Waals surface area contributed by atoms with Gasteiger partial charge in [0.2, 0.25) is 0 Å². The average molecular weight is 236 g/mol. The second kappa shape index (κ2) is 4.18. The fourth-order valence-corrected chi connectivity index (χ4v) is 5.62. The van der Waals surface area contributed by atoms with Gasteiger partial charge < -0.3 is 4.57 Å². The van der Waals surface area contributed by atoms with E-state index in [1.54, 1.807) is 0 Å². The van der Waals surface area contributed by atoms with E-state index in [0.29, 0.717) is 12.6 Å². The Hall–Kier alpha value is -0.880. The Balaban J connectivity index is 2.38. The van der Waals surface area contributed by atoms with Crippen molar-refractivity contribution in [3.8, 4) is 0 Å². The van der Waals surface area contributed by atoms with E-state index in [2.05, 4.69) is 0 Å². The van der Waals surface area contributed by atoms with Gasteiger partial charge in [0, 0.05) is 29.5 Å². The van der Waals surface area contributed by atoms with Crippen LogP contribution in [0.3, 0.4) is 0 Å². The molecule has 0 aliphatic carbocycles. The van der Waals surface area contributed by atoms with Crippen LogP contribution in [0.5, 0.6) is 0 Å². The van der Waals surface area contributed by atoms with Crippen LogP contribution in [0.1, 0.15) is 20.3 Å². The Morgan fingerprint density at radius 1 is 1.19 bits per heavy atom. The molecule has 16 heavy (non-hydrogen) atoms. The van der Waals surface area contributed by atoms with E-state index >= 15 is 0 Å². The Labute approximate surface area is 96.4 Å². The minimum atomic E-state index is -2.37. The van der Waals surface area contributed by atoms with Gasteiger partial charge in [-0.05, 0) is 0 Å². The molecule has 1 fully saturated rings. The van der Waals surface area contributed by atoms with Gasteiger partial charge in [-0.3, -0.25) is 4.79 Å². The van der Waals surface area contributed by atoms with Crippen molar-refractivity contribution in [3.05, 3.63) is 30.3 Å². The molecule has 2 nitrogen and oxygen atoms in total. The number of hydrogen-bond acceptors (Lipinski definition) is 2. The van der Waals surface area contributed by atoms with Gasteiger partial charge in [-0.2, -0.15) is 0 Å². The van der Waals surface area contributed by atoms with Crippen LogP contribution in [0.4, 0.5) is 0 Å². The fourth-order valence-electron chi connectivity index (χ4n) is 2.37. The molecule has 0 bridgehead atoms. The van der Waals surface area contributed by atoms with Crippen molar-refractivity contribution in [2.45, 2.75) is 25.9 Å². The predicted molar refractivity (Wildman–Crippen MR) is 66.8 cm³/mol. The molecular weight excluding hydrogens is 219 g/mol. The third-order valence-corrected chi connectivity index (χ3v) is 7.37. The van der Waals surface area contributed by atoms with Crippen molar-refractivity contribution < 1.29 is 9.36 Å². The molecule has 0 unspecified atom stereocenters. The summed E-state index contributed by atoms with van der Waals surface area (Å²) in [6, 6.07) is 9.63. The van der Waals surface area contributed by atoms with E-state index in [9.17, 15) is 9.36 Å². The lowest BCUT2D eigenvalue weighted by molar-refractivity contribution is -0.122. The number of carbonyl (C=O) groups excluding carboxylic acids is 1. The molecule has 0 amide bonds. The fraction of sp³-hybridized carbons (Fsp3) is 0.462. The standard InChI is InChI=1S/C13H17O2P/c1-10-9-16(15,11(2)8-13(10)14)12-6-4-3-5-7-12/h3-7,10-11H,8-9H2,1-2H3/t10-,11+,16+/m0/s1. The van der Waals surface area contributed by atoms with Crippen molar-refractivity contribution in [1.29, 1.82) is 0 Å². The number of ketones is 1. The first-order valence-corrected chi connectivity index (χ1v) is 7.67. The van der Waals surface area contributed by atoms with Gasteiger partial charge in [0.15, 0.2) is 0 Å².